The summed E-state index contributed by atoms with van der Waals surface area (Å²) in [5.41, 5.74) is 4.19. The number of ether oxygens (including phenoxy) is 1. The Kier molecular flexibility index (Phi) is 6.24. The number of hydrogen-bond donors (Lipinski definition) is 3. The van der Waals surface area contributed by atoms with Gasteiger partial charge < -0.3 is 14.3 Å². The molecule has 5 aromatic rings. The van der Waals surface area contributed by atoms with Gasteiger partial charge in [0.15, 0.2) is 0 Å². The van der Waals surface area contributed by atoms with Crippen molar-refractivity contribution in [3.8, 4) is 5.69 Å². The lowest BCUT2D eigenvalue weighted by Crippen LogP contribution is -2.32. The predicted octanol–water partition coefficient (Wildman–Crippen LogP) is 3.87. The molecule has 0 atom stereocenters. The topological polar surface area (TPSA) is 115 Å². The highest BCUT2D eigenvalue weighted by molar-refractivity contribution is 6.59. The van der Waals surface area contributed by atoms with Crippen LogP contribution in [0.4, 0.5) is 4.79 Å². The van der Waals surface area contributed by atoms with E-state index in [0.717, 1.165) is 33.2 Å². The Morgan fingerprint density at radius 1 is 0.946 bits per heavy atom. The molecule has 5 rings (SSSR count). The monoisotopic (exact) mass is 498 g/mol. The number of fused-ring (bicyclic) bond motifs is 2. The third kappa shape index (κ3) is 4.58. The van der Waals surface area contributed by atoms with Crippen LogP contribution in [0, 0.1) is 5.41 Å². The quantitative estimate of drug-likeness (QED) is 0.193. The van der Waals surface area contributed by atoms with Crippen molar-refractivity contribution in [1.29, 1.82) is 5.41 Å². The molecule has 10 heteroatoms. The molecule has 3 N–H and O–H groups in total. The van der Waals surface area contributed by atoms with Crippen molar-refractivity contribution in [3.63, 3.8) is 0 Å². The van der Waals surface area contributed by atoms with Gasteiger partial charge in [-0.2, -0.15) is 0 Å². The first-order valence-corrected chi connectivity index (χ1v) is 11.8. The number of benzene rings is 3. The maximum atomic E-state index is 12.7. The van der Waals surface area contributed by atoms with Gasteiger partial charge in [0, 0.05) is 17.3 Å². The van der Waals surface area contributed by atoms with Gasteiger partial charge in [0.25, 0.3) is 0 Å². The summed E-state index contributed by atoms with van der Waals surface area (Å²) in [4.78, 5) is 16.7. The van der Waals surface area contributed by atoms with Gasteiger partial charge in [-0.3, -0.25) is 24.6 Å². The molecule has 188 valence electrons. The number of carbonyl (C=O) groups excluding carboxylic acids is 1. The van der Waals surface area contributed by atoms with Gasteiger partial charge >= 0.3 is 13.2 Å². The van der Waals surface area contributed by atoms with E-state index in [1.165, 1.54) is 4.57 Å². The second kappa shape index (κ2) is 9.40. The first kappa shape index (κ1) is 24.6. The molecule has 9 nitrogen and oxygen atoms in total. The number of hydrogen-bond acceptors (Lipinski definition) is 6. The van der Waals surface area contributed by atoms with Crippen LogP contribution in [0.25, 0.3) is 27.6 Å². The normalized spacial score (nSPS) is 11.8. The molecule has 37 heavy (non-hydrogen) atoms. The van der Waals surface area contributed by atoms with Gasteiger partial charge in [0.05, 0.1) is 23.1 Å². The zero-order chi connectivity index (χ0) is 26.3. The highest BCUT2D eigenvalue weighted by Crippen LogP contribution is 2.24. The molecule has 2 heterocycles. The highest BCUT2D eigenvalue weighted by Gasteiger charge is 2.21. The Morgan fingerprint density at radius 2 is 1.62 bits per heavy atom. The maximum absolute atomic E-state index is 12.7. The average Bonchev–Trinajstić information content (AvgIpc) is 3.43. The second-order valence-electron chi connectivity index (χ2n) is 9.80. The van der Waals surface area contributed by atoms with Crippen LogP contribution in [0.5, 0.6) is 0 Å². The largest absolute Gasteiger partial charge is 0.522 e. The number of nitrogens with zero attached hydrogens (tertiary/aromatic N) is 3. The van der Waals surface area contributed by atoms with Crippen molar-refractivity contribution in [1.82, 2.24) is 13.7 Å². The van der Waals surface area contributed by atoms with E-state index in [1.807, 2.05) is 78.4 Å². The minimum Gasteiger partial charge on any atom is -0.443 e. The van der Waals surface area contributed by atoms with Crippen LogP contribution >= 0.6 is 0 Å². The number of rotatable bonds is 5. The molecule has 0 amide bonds. The van der Waals surface area contributed by atoms with Gasteiger partial charge in [0.1, 0.15) is 5.60 Å². The van der Waals surface area contributed by atoms with Crippen molar-refractivity contribution in [2.45, 2.75) is 32.9 Å². The van der Waals surface area contributed by atoms with E-state index in [-0.39, 0.29) is 5.62 Å². The molecule has 0 radical (unpaired) electrons. The summed E-state index contributed by atoms with van der Waals surface area (Å²) in [5.74, 6) is 0. The minimum atomic E-state index is -1.44. The summed E-state index contributed by atoms with van der Waals surface area (Å²) < 4.78 is 10.8. The molecule has 0 saturated heterocycles. The van der Waals surface area contributed by atoms with Crippen molar-refractivity contribution in [2.75, 3.05) is 0 Å². The summed E-state index contributed by atoms with van der Waals surface area (Å²) in [7, 11) is -1.44. The third-order valence-corrected chi connectivity index (χ3v) is 6.16. The van der Waals surface area contributed by atoms with E-state index in [4.69, 9.17) is 15.4 Å². The summed E-state index contributed by atoms with van der Waals surface area (Å²) in [6.07, 6.45) is 1.27. The Labute approximate surface area is 213 Å². The van der Waals surface area contributed by atoms with Gasteiger partial charge in [-0.15, -0.1) is 0 Å². The number of para-hydroxylation sites is 2. The second-order valence-corrected chi connectivity index (χ2v) is 9.80. The van der Waals surface area contributed by atoms with Gasteiger partial charge in [-0.25, -0.2) is 4.79 Å². The van der Waals surface area contributed by atoms with Crippen LogP contribution in [0.3, 0.4) is 0 Å². The Bertz CT molecular complexity index is 1660. The molecule has 0 bridgehead atoms. The van der Waals surface area contributed by atoms with Crippen molar-refractivity contribution in [3.05, 3.63) is 90.2 Å². The van der Waals surface area contributed by atoms with Gasteiger partial charge in [-0.05, 0) is 68.2 Å². The van der Waals surface area contributed by atoms with Gasteiger partial charge in [-0.1, -0.05) is 36.4 Å². The van der Waals surface area contributed by atoms with Gasteiger partial charge in [0.2, 0.25) is 5.62 Å². The van der Waals surface area contributed by atoms with Crippen LogP contribution in [-0.2, 0) is 16.1 Å². The highest BCUT2D eigenvalue weighted by atomic mass is 17.1. The SMILES string of the molecule is CC(C)(C)OC(=O)n1ccc2c(Cn3c(=N)n(-c4ccc(B(O)OO)cc4)c4ccccc43)cccc21. The van der Waals surface area contributed by atoms with Crippen molar-refractivity contribution >= 4 is 40.6 Å². The maximum Gasteiger partial charge on any atom is 0.522 e. The Morgan fingerprint density at radius 3 is 2.30 bits per heavy atom. The molecule has 3 aromatic carbocycles. The number of aromatic nitrogens is 3. The molecule has 0 aliphatic heterocycles. The number of nitrogens with one attached hydrogen (secondary N) is 1. The predicted molar refractivity (Wildman–Crippen MR) is 141 cm³/mol. The standard InChI is InChI=1S/C27H27BN4O5/c1-27(2,3)36-26(33)30-16-15-21-18(7-6-10-22(21)30)17-31-23-8-4-5-9-24(23)32(25(31)29)20-13-11-19(12-14-20)28(34)37-35/h4-16,29,34-35H,17H2,1-3H3. The summed E-state index contributed by atoms with van der Waals surface area (Å²) in [6.45, 7) is 5.91. The fourth-order valence-corrected chi connectivity index (χ4v) is 4.51. The first-order chi connectivity index (χ1) is 17.7. The average molecular weight is 498 g/mol. The lowest BCUT2D eigenvalue weighted by atomic mass is 9.80. The van der Waals surface area contributed by atoms with E-state index in [1.54, 1.807) is 30.5 Å². The molecule has 0 aliphatic carbocycles. The van der Waals surface area contributed by atoms with Crippen LogP contribution in [0.2, 0.25) is 0 Å². The van der Waals surface area contributed by atoms with Crippen LogP contribution in [0.15, 0.2) is 79.0 Å². The van der Waals surface area contributed by atoms with Crippen LogP contribution in [-0.4, -0.2) is 42.8 Å². The summed E-state index contributed by atoms with van der Waals surface area (Å²) >= 11 is 0. The Balaban J connectivity index is 1.58. The molecule has 0 fully saturated rings. The van der Waals surface area contributed by atoms with E-state index in [9.17, 15) is 9.82 Å². The summed E-state index contributed by atoms with van der Waals surface area (Å²) in [6, 6.07) is 22.2. The van der Waals surface area contributed by atoms with Crippen LogP contribution < -0.4 is 11.1 Å². The first-order valence-electron chi connectivity index (χ1n) is 11.8. The molecule has 0 unspecified atom stereocenters. The van der Waals surface area contributed by atoms with E-state index >= 15 is 0 Å². The lowest BCUT2D eigenvalue weighted by molar-refractivity contribution is -0.154. The summed E-state index contributed by atoms with van der Waals surface area (Å²) in [5, 5.41) is 28.4. The van der Waals surface area contributed by atoms with E-state index in [2.05, 4.69) is 4.81 Å². The number of carbonyl (C=O) groups is 1. The van der Waals surface area contributed by atoms with E-state index in [0.29, 0.717) is 12.0 Å². The molecule has 0 aliphatic rings. The smallest absolute Gasteiger partial charge is 0.443 e. The molecular weight excluding hydrogens is 471 g/mol. The number of imidazole rings is 1. The molecule has 0 spiro atoms. The molecular formula is C27H27BN4O5. The van der Waals surface area contributed by atoms with E-state index < -0.39 is 18.8 Å². The third-order valence-electron chi connectivity index (χ3n) is 6.16. The fourth-order valence-electron chi connectivity index (χ4n) is 4.51. The molecule has 0 saturated carbocycles. The minimum absolute atomic E-state index is 0.261. The van der Waals surface area contributed by atoms with Crippen molar-refractivity contribution in [2.24, 2.45) is 0 Å². The lowest BCUT2D eigenvalue weighted by Gasteiger charge is -2.19. The molecule has 2 aromatic heterocycles. The zero-order valence-corrected chi connectivity index (χ0v) is 20.8. The Hall–Kier alpha value is -4.12. The van der Waals surface area contributed by atoms with Crippen LogP contribution in [0.1, 0.15) is 26.3 Å². The zero-order valence-electron chi connectivity index (χ0n) is 20.8. The fraction of sp³-hybridized carbons (Fsp3) is 0.185. The van der Waals surface area contributed by atoms with Crippen molar-refractivity contribution < 1.29 is 24.6 Å².